The van der Waals surface area contributed by atoms with Crippen LogP contribution in [0.5, 0.6) is 0 Å². The molecule has 0 aliphatic heterocycles. The van der Waals surface area contributed by atoms with Gasteiger partial charge in [-0.05, 0) is 61.3 Å². The molecule has 5 N–H and O–H groups in total. The summed E-state index contributed by atoms with van der Waals surface area (Å²) in [6, 6.07) is 0.285. The van der Waals surface area contributed by atoms with Crippen molar-refractivity contribution in [2.24, 2.45) is 40.6 Å². The van der Waals surface area contributed by atoms with E-state index in [-0.39, 0.29) is 17.9 Å². The second-order valence-corrected chi connectivity index (χ2v) is 7.87. The fourth-order valence-electron chi connectivity index (χ4n) is 4.58. The van der Waals surface area contributed by atoms with Crippen LogP contribution in [-0.2, 0) is 4.79 Å². The fraction of sp³-hybridized carbons (Fsp3) is 0.944. The van der Waals surface area contributed by atoms with Crippen molar-refractivity contribution in [1.82, 2.24) is 0 Å². The number of rotatable bonds is 9. The first-order chi connectivity index (χ1) is 10.3. The average Bonchev–Trinajstić information content (AvgIpc) is 2.67. The molecule has 1 aliphatic carbocycles. The summed E-state index contributed by atoms with van der Waals surface area (Å²) in [7, 11) is 0. The summed E-state index contributed by atoms with van der Waals surface area (Å²) in [6.07, 6.45) is 5.44. The Balaban J connectivity index is 2.72. The third-order valence-corrected chi connectivity index (χ3v) is 6.16. The number of carboxylic acids is 1. The van der Waals surface area contributed by atoms with Gasteiger partial charge in [-0.15, -0.1) is 0 Å². The van der Waals surface area contributed by atoms with Crippen LogP contribution in [0.4, 0.5) is 0 Å². The van der Waals surface area contributed by atoms with Crippen molar-refractivity contribution in [3.8, 4) is 0 Å². The van der Waals surface area contributed by atoms with E-state index in [0.717, 1.165) is 32.1 Å². The normalized spacial score (nSPS) is 34.5. The van der Waals surface area contributed by atoms with Crippen LogP contribution in [0.25, 0.3) is 0 Å². The molecular weight excluding hydrogens is 276 g/mol. The lowest BCUT2D eigenvalue weighted by Crippen LogP contribution is -2.38. The summed E-state index contributed by atoms with van der Waals surface area (Å²) in [4.78, 5) is 11.3. The topological polar surface area (TPSA) is 89.3 Å². The third kappa shape index (κ3) is 4.69. The molecule has 0 saturated heterocycles. The SMILES string of the molecule is CC[C@@H](N)C[C@H](C)CCC1[C@H](C)[C@@H](C)CC1(CN)CC(=O)O. The lowest BCUT2D eigenvalue weighted by atomic mass is 9.70. The standard InChI is InChI=1S/C18H36N2O2/c1-5-15(20)8-12(2)6-7-16-14(4)13(3)9-18(16,11-19)10-17(21)22/h12-16H,5-11,19-20H2,1-4H3,(H,21,22)/t12-,13+,14-,15-,16?,18?/m1/s1. The number of carbonyl (C=O) groups is 1. The summed E-state index contributed by atoms with van der Waals surface area (Å²) in [5, 5.41) is 9.32. The molecule has 0 aromatic rings. The van der Waals surface area contributed by atoms with Crippen LogP contribution in [0, 0.1) is 29.1 Å². The molecule has 0 bridgehead atoms. The maximum absolute atomic E-state index is 11.3. The zero-order valence-electron chi connectivity index (χ0n) is 14.8. The molecule has 0 aromatic heterocycles. The monoisotopic (exact) mass is 312 g/mol. The summed E-state index contributed by atoms with van der Waals surface area (Å²) >= 11 is 0. The number of hydrogen-bond acceptors (Lipinski definition) is 3. The number of carboxylic acid groups (broad SMARTS) is 1. The smallest absolute Gasteiger partial charge is 0.303 e. The van der Waals surface area contributed by atoms with Crippen LogP contribution in [-0.4, -0.2) is 23.7 Å². The van der Waals surface area contributed by atoms with Crippen LogP contribution < -0.4 is 11.5 Å². The van der Waals surface area contributed by atoms with E-state index in [0.29, 0.717) is 30.2 Å². The minimum absolute atomic E-state index is 0.211. The largest absolute Gasteiger partial charge is 0.481 e. The summed E-state index contributed by atoms with van der Waals surface area (Å²) < 4.78 is 0. The highest BCUT2D eigenvalue weighted by atomic mass is 16.4. The van der Waals surface area contributed by atoms with Gasteiger partial charge in [0.2, 0.25) is 0 Å². The maximum atomic E-state index is 11.3. The molecule has 0 aromatic carbocycles. The summed E-state index contributed by atoms with van der Waals surface area (Å²) in [6.45, 7) is 9.40. The van der Waals surface area contributed by atoms with Crippen LogP contribution in [0.2, 0.25) is 0 Å². The van der Waals surface area contributed by atoms with E-state index in [1.165, 1.54) is 0 Å². The molecule has 0 amide bonds. The van der Waals surface area contributed by atoms with Crippen LogP contribution in [0.15, 0.2) is 0 Å². The van der Waals surface area contributed by atoms with Gasteiger partial charge in [0.05, 0.1) is 6.42 Å². The highest BCUT2D eigenvalue weighted by Gasteiger charge is 2.49. The predicted octanol–water partition coefficient (Wildman–Crippen LogP) is 3.24. The lowest BCUT2D eigenvalue weighted by molar-refractivity contribution is -0.140. The molecule has 0 radical (unpaired) electrons. The lowest BCUT2D eigenvalue weighted by Gasteiger charge is -2.35. The average molecular weight is 312 g/mol. The molecule has 1 fully saturated rings. The number of hydrogen-bond donors (Lipinski definition) is 3. The summed E-state index contributed by atoms with van der Waals surface area (Å²) in [5.74, 6) is 1.41. The van der Waals surface area contributed by atoms with E-state index in [2.05, 4.69) is 27.7 Å². The van der Waals surface area contributed by atoms with Gasteiger partial charge in [-0.2, -0.15) is 0 Å². The molecule has 1 saturated carbocycles. The molecule has 1 aliphatic rings. The molecule has 22 heavy (non-hydrogen) atoms. The predicted molar refractivity (Wildman–Crippen MR) is 91.5 cm³/mol. The van der Waals surface area contributed by atoms with Crippen molar-refractivity contribution in [1.29, 1.82) is 0 Å². The van der Waals surface area contributed by atoms with Gasteiger partial charge < -0.3 is 16.6 Å². The van der Waals surface area contributed by atoms with Gasteiger partial charge in [0.1, 0.15) is 0 Å². The van der Waals surface area contributed by atoms with E-state index in [4.69, 9.17) is 11.5 Å². The quantitative estimate of drug-likeness (QED) is 0.609. The van der Waals surface area contributed by atoms with Crippen molar-refractivity contribution < 1.29 is 9.90 Å². The Labute approximate surface area is 136 Å². The molecule has 1 rings (SSSR count). The van der Waals surface area contributed by atoms with Gasteiger partial charge in [0, 0.05) is 6.04 Å². The molecular formula is C18H36N2O2. The van der Waals surface area contributed by atoms with E-state index < -0.39 is 5.97 Å². The van der Waals surface area contributed by atoms with Crippen LogP contribution in [0.3, 0.4) is 0 Å². The van der Waals surface area contributed by atoms with Crippen molar-refractivity contribution in [3.05, 3.63) is 0 Å². The van der Waals surface area contributed by atoms with Crippen molar-refractivity contribution >= 4 is 5.97 Å². The minimum Gasteiger partial charge on any atom is -0.481 e. The van der Waals surface area contributed by atoms with Gasteiger partial charge in [0.25, 0.3) is 0 Å². The third-order valence-electron chi connectivity index (χ3n) is 6.16. The van der Waals surface area contributed by atoms with E-state index in [1.807, 2.05) is 0 Å². The molecule has 130 valence electrons. The number of nitrogens with two attached hydrogens (primary N) is 2. The Morgan fingerprint density at radius 1 is 1.41 bits per heavy atom. The highest BCUT2D eigenvalue weighted by molar-refractivity contribution is 5.68. The Kier molecular flexibility index (Phi) is 7.33. The molecule has 6 atom stereocenters. The van der Waals surface area contributed by atoms with E-state index >= 15 is 0 Å². The van der Waals surface area contributed by atoms with Crippen LogP contribution in [0.1, 0.15) is 66.2 Å². The zero-order valence-corrected chi connectivity index (χ0v) is 14.8. The van der Waals surface area contributed by atoms with Crippen LogP contribution >= 0.6 is 0 Å². The van der Waals surface area contributed by atoms with Crippen molar-refractivity contribution in [2.45, 2.75) is 72.3 Å². The highest BCUT2D eigenvalue weighted by Crippen LogP contribution is 2.53. The second-order valence-electron chi connectivity index (χ2n) is 7.87. The fourth-order valence-corrected chi connectivity index (χ4v) is 4.58. The Bertz CT molecular complexity index is 361. The second kappa shape index (κ2) is 8.30. The van der Waals surface area contributed by atoms with Gasteiger partial charge in [-0.1, -0.05) is 34.1 Å². The Morgan fingerprint density at radius 3 is 2.55 bits per heavy atom. The van der Waals surface area contributed by atoms with Gasteiger partial charge in [-0.25, -0.2) is 0 Å². The number of aliphatic carboxylic acids is 1. The first kappa shape index (κ1) is 19.4. The molecule has 4 heteroatoms. The van der Waals surface area contributed by atoms with E-state index in [9.17, 15) is 9.90 Å². The Hall–Kier alpha value is -0.610. The van der Waals surface area contributed by atoms with Crippen molar-refractivity contribution in [2.75, 3.05) is 6.54 Å². The first-order valence-corrected chi connectivity index (χ1v) is 8.93. The van der Waals surface area contributed by atoms with Gasteiger partial charge in [0.15, 0.2) is 0 Å². The van der Waals surface area contributed by atoms with Gasteiger partial charge in [-0.3, -0.25) is 4.79 Å². The van der Waals surface area contributed by atoms with Gasteiger partial charge >= 0.3 is 5.97 Å². The maximum Gasteiger partial charge on any atom is 0.303 e. The summed E-state index contributed by atoms with van der Waals surface area (Å²) in [5.41, 5.74) is 11.9. The van der Waals surface area contributed by atoms with Crippen molar-refractivity contribution in [3.63, 3.8) is 0 Å². The Morgan fingerprint density at radius 2 is 2.05 bits per heavy atom. The molecule has 4 nitrogen and oxygen atoms in total. The molecule has 2 unspecified atom stereocenters. The minimum atomic E-state index is -0.710. The zero-order chi connectivity index (χ0) is 16.9. The molecule has 0 spiro atoms. The molecule has 0 heterocycles. The van der Waals surface area contributed by atoms with E-state index in [1.54, 1.807) is 0 Å². The first-order valence-electron chi connectivity index (χ1n) is 8.93.